The van der Waals surface area contributed by atoms with Gasteiger partial charge in [-0.2, -0.15) is 0 Å². The van der Waals surface area contributed by atoms with Gasteiger partial charge in [0.05, 0.1) is 0 Å². The molecule has 294 valence electrons. The van der Waals surface area contributed by atoms with Crippen molar-refractivity contribution in [3.8, 4) is 0 Å². The predicted molar refractivity (Wildman–Crippen MR) is 215 cm³/mol. The largest absolute Gasteiger partial charge is 0.462 e. The van der Waals surface area contributed by atoms with E-state index < -0.39 is 6.10 Å². The molecule has 0 aromatic rings. The van der Waals surface area contributed by atoms with Crippen LogP contribution in [0.25, 0.3) is 0 Å². The van der Waals surface area contributed by atoms with Crippen LogP contribution in [0.3, 0.4) is 0 Å². The average Bonchev–Trinajstić information content (AvgIpc) is 3.12. The van der Waals surface area contributed by atoms with Crippen molar-refractivity contribution in [2.75, 3.05) is 13.2 Å². The van der Waals surface area contributed by atoms with E-state index >= 15 is 0 Å². The van der Waals surface area contributed by atoms with Gasteiger partial charge in [0.15, 0.2) is 6.10 Å². The minimum Gasteiger partial charge on any atom is -0.462 e. The number of carbonyl (C=O) groups excluding carboxylic acids is 3. The van der Waals surface area contributed by atoms with Gasteiger partial charge < -0.3 is 14.2 Å². The summed E-state index contributed by atoms with van der Waals surface area (Å²) >= 11 is 0. The predicted octanol–water partition coefficient (Wildman–Crippen LogP) is 13.2. The summed E-state index contributed by atoms with van der Waals surface area (Å²) in [6.07, 6.45) is 45.3. The summed E-state index contributed by atoms with van der Waals surface area (Å²) in [5.74, 6) is -0.944. The first-order valence-corrected chi connectivity index (χ1v) is 21.2. The highest BCUT2D eigenvalue weighted by Gasteiger charge is 2.19. The van der Waals surface area contributed by atoms with Gasteiger partial charge in [0.1, 0.15) is 13.2 Å². The Morgan fingerprint density at radius 1 is 0.412 bits per heavy atom. The molecule has 0 amide bonds. The van der Waals surface area contributed by atoms with E-state index in [4.69, 9.17) is 14.2 Å². The second kappa shape index (κ2) is 40.1. The molecule has 6 heteroatoms. The third kappa shape index (κ3) is 38.4. The van der Waals surface area contributed by atoms with Crippen LogP contribution in [-0.2, 0) is 28.6 Å². The van der Waals surface area contributed by atoms with Crippen LogP contribution >= 0.6 is 0 Å². The Morgan fingerprint density at radius 2 is 0.804 bits per heavy atom. The van der Waals surface area contributed by atoms with Gasteiger partial charge in [-0.25, -0.2) is 0 Å². The van der Waals surface area contributed by atoms with Gasteiger partial charge in [0.2, 0.25) is 0 Å². The van der Waals surface area contributed by atoms with Crippen molar-refractivity contribution in [3.05, 3.63) is 48.6 Å². The van der Waals surface area contributed by atoms with Gasteiger partial charge in [0, 0.05) is 19.3 Å². The summed E-state index contributed by atoms with van der Waals surface area (Å²) < 4.78 is 16.6. The van der Waals surface area contributed by atoms with Crippen LogP contribution in [0.15, 0.2) is 48.6 Å². The van der Waals surface area contributed by atoms with Gasteiger partial charge in [-0.05, 0) is 57.8 Å². The third-order valence-electron chi connectivity index (χ3n) is 8.88. The van der Waals surface area contributed by atoms with Crippen molar-refractivity contribution < 1.29 is 28.6 Å². The van der Waals surface area contributed by atoms with Crippen LogP contribution in [0.2, 0.25) is 0 Å². The number of hydrogen-bond acceptors (Lipinski definition) is 6. The van der Waals surface area contributed by atoms with E-state index in [9.17, 15) is 14.4 Å². The molecule has 0 radical (unpaired) electrons. The van der Waals surface area contributed by atoms with Gasteiger partial charge in [0.25, 0.3) is 0 Å². The van der Waals surface area contributed by atoms with Crippen LogP contribution in [0.1, 0.15) is 201 Å². The smallest absolute Gasteiger partial charge is 0.306 e. The lowest BCUT2D eigenvalue weighted by Gasteiger charge is -2.18. The molecule has 0 fully saturated rings. The van der Waals surface area contributed by atoms with E-state index in [0.29, 0.717) is 19.3 Å². The fraction of sp³-hybridized carbons (Fsp3) is 0.756. The summed E-state index contributed by atoms with van der Waals surface area (Å²) in [5.41, 5.74) is 0. The van der Waals surface area contributed by atoms with Gasteiger partial charge in [-0.1, -0.05) is 172 Å². The average molecular weight is 715 g/mol. The van der Waals surface area contributed by atoms with Crippen LogP contribution in [0.5, 0.6) is 0 Å². The molecule has 0 saturated heterocycles. The maximum absolute atomic E-state index is 12.6. The maximum Gasteiger partial charge on any atom is 0.306 e. The summed E-state index contributed by atoms with van der Waals surface area (Å²) in [4.78, 5) is 37.5. The topological polar surface area (TPSA) is 78.9 Å². The molecule has 0 N–H and O–H groups in total. The molecule has 1 atom stereocenters. The second-order valence-corrected chi connectivity index (χ2v) is 13.9. The Labute approximate surface area is 314 Å². The summed E-state index contributed by atoms with van der Waals surface area (Å²) in [6, 6.07) is 0. The van der Waals surface area contributed by atoms with Crippen molar-refractivity contribution in [1.82, 2.24) is 0 Å². The highest BCUT2D eigenvalue weighted by Crippen LogP contribution is 2.13. The molecule has 0 aromatic carbocycles. The Bertz CT molecular complexity index is 918. The summed E-state index contributed by atoms with van der Waals surface area (Å²) in [6.45, 7) is 6.40. The molecule has 0 aliphatic rings. The molecule has 0 aliphatic heterocycles. The van der Waals surface area contributed by atoms with E-state index in [0.717, 1.165) is 64.2 Å². The molecule has 51 heavy (non-hydrogen) atoms. The van der Waals surface area contributed by atoms with Crippen LogP contribution in [-0.4, -0.2) is 37.2 Å². The first-order valence-electron chi connectivity index (χ1n) is 21.2. The lowest BCUT2D eigenvalue weighted by Crippen LogP contribution is -2.30. The SMILES string of the molecule is CC\C=C/C=C\C=C/CCCCCCCCCC(=O)OCC(COC(=O)CCCCCCCCCCC)OC(=O)CCC/C=C\CCCCCC. The summed E-state index contributed by atoms with van der Waals surface area (Å²) in [5, 5.41) is 0. The number of rotatable bonds is 37. The molecule has 0 heterocycles. The Kier molecular flexibility index (Phi) is 38.1. The van der Waals surface area contributed by atoms with Gasteiger partial charge in [-0.3, -0.25) is 14.4 Å². The number of esters is 3. The quantitative estimate of drug-likeness (QED) is 0.0209. The number of allylic oxidation sites excluding steroid dienone is 8. The van der Waals surface area contributed by atoms with Crippen LogP contribution < -0.4 is 0 Å². The Morgan fingerprint density at radius 3 is 1.31 bits per heavy atom. The monoisotopic (exact) mass is 715 g/mol. The van der Waals surface area contributed by atoms with E-state index in [1.165, 1.54) is 89.9 Å². The number of carbonyl (C=O) groups is 3. The van der Waals surface area contributed by atoms with Crippen LogP contribution in [0, 0.1) is 0 Å². The summed E-state index contributed by atoms with van der Waals surface area (Å²) in [7, 11) is 0. The molecule has 0 aliphatic carbocycles. The van der Waals surface area contributed by atoms with Crippen molar-refractivity contribution in [2.24, 2.45) is 0 Å². The highest BCUT2D eigenvalue weighted by molar-refractivity contribution is 5.71. The van der Waals surface area contributed by atoms with E-state index in [2.05, 4.69) is 69.4 Å². The lowest BCUT2D eigenvalue weighted by molar-refractivity contribution is -0.167. The van der Waals surface area contributed by atoms with Gasteiger partial charge >= 0.3 is 17.9 Å². The highest BCUT2D eigenvalue weighted by atomic mass is 16.6. The number of ether oxygens (including phenoxy) is 3. The van der Waals surface area contributed by atoms with Gasteiger partial charge in [-0.15, -0.1) is 0 Å². The lowest BCUT2D eigenvalue weighted by atomic mass is 10.1. The zero-order chi connectivity index (χ0) is 37.3. The molecule has 0 aromatic heterocycles. The fourth-order valence-corrected chi connectivity index (χ4v) is 5.68. The first-order chi connectivity index (χ1) is 25.0. The normalized spacial score (nSPS) is 12.5. The second-order valence-electron chi connectivity index (χ2n) is 13.9. The van der Waals surface area contributed by atoms with Crippen molar-refractivity contribution >= 4 is 17.9 Å². The Hall–Kier alpha value is -2.63. The molecule has 0 rings (SSSR count). The standard InChI is InChI=1S/C45H78O6/c1-4-7-10-13-16-19-20-21-22-23-24-27-29-32-35-38-44(47)50-41-42(51-45(48)39-36-33-30-26-18-15-12-9-6-3)40-49-43(46)37-34-31-28-25-17-14-11-8-5-2/h7,10,13,16,19-20,26,30,42H,4-6,8-9,11-12,14-15,17-18,21-25,27-29,31-41H2,1-3H3/b10-7-,16-13-,20-19-,30-26-. The molecular weight excluding hydrogens is 636 g/mol. The fourth-order valence-electron chi connectivity index (χ4n) is 5.68. The zero-order valence-electron chi connectivity index (χ0n) is 33.4. The van der Waals surface area contributed by atoms with Crippen molar-refractivity contribution in [1.29, 1.82) is 0 Å². The van der Waals surface area contributed by atoms with E-state index in [1.807, 2.05) is 0 Å². The minimum absolute atomic E-state index is 0.0876. The molecular formula is C45H78O6. The zero-order valence-corrected chi connectivity index (χ0v) is 33.4. The third-order valence-corrected chi connectivity index (χ3v) is 8.88. The van der Waals surface area contributed by atoms with Crippen LogP contribution in [0.4, 0.5) is 0 Å². The maximum atomic E-state index is 12.6. The minimum atomic E-state index is -0.786. The molecule has 0 bridgehead atoms. The molecule has 1 unspecified atom stereocenters. The first kappa shape index (κ1) is 48.4. The van der Waals surface area contributed by atoms with E-state index in [1.54, 1.807) is 0 Å². The van der Waals surface area contributed by atoms with Crippen molar-refractivity contribution in [2.45, 2.75) is 207 Å². The molecule has 6 nitrogen and oxygen atoms in total. The molecule has 0 saturated carbocycles. The number of hydrogen-bond donors (Lipinski definition) is 0. The molecule has 0 spiro atoms. The van der Waals surface area contributed by atoms with E-state index in [-0.39, 0.29) is 37.5 Å². The number of unbranched alkanes of at least 4 members (excludes halogenated alkanes) is 20. The Balaban J connectivity index is 4.37. The van der Waals surface area contributed by atoms with Crippen molar-refractivity contribution in [3.63, 3.8) is 0 Å².